The van der Waals surface area contributed by atoms with E-state index in [0.717, 1.165) is 43.2 Å². The molecule has 0 fully saturated rings. The van der Waals surface area contributed by atoms with Gasteiger partial charge in [0.2, 0.25) is 11.8 Å². The van der Waals surface area contributed by atoms with Crippen molar-refractivity contribution in [2.45, 2.75) is 52.1 Å². The Hall–Kier alpha value is -3.03. The number of rotatable bonds is 5. The van der Waals surface area contributed by atoms with Gasteiger partial charge in [0.1, 0.15) is 11.5 Å². The predicted molar refractivity (Wildman–Crippen MR) is 113 cm³/mol. The normalized spacial score (nSPS) is 14.8. The van der Waals surface area contributed by atoms with E-state index in [-0.39, 0.29) is 11.6 Å². The van der Waals surface area contributed by atoms with E-state index >= 15 is 0 Å². The molecule has 2 heterocycles. The zero-order valence-corrected chi connectivity index (χ0v) is 17.9. The van der Waals surface area contributed by atoms with Crippen LogP contribution in [0, 0.1) is 0 Å². The average molecular weight is 436 g/mol. The fraction of sp³-hybridized carbons (Fsp3) is 0.391. The summed E-state index contributed by atoms with van der Waals surface area (Å²) in [7, 11) is 1.53. The molecule has 8 heteroatoms. The number of oxazole rings is 1. The Balaban J connectivity index is 0.000000316. The van der Waals surface area contributed by atoms with Gasteiger partial charge in [-0.15, -0.1) is 0 Å². The number of hydrogen-bond acceptors (Lipinski definition) is 5. The first-order valence-corrected chi connectivity index (χ1v) is 10.1. The zero-order valence-electron chi connectivity index (χ0n) is 17.9. The highest BCUT2D eigenvalue weighted by Gasteiger charge is 2.32. The molecule has 1 N–H and O–H groups in total. The Morgan fingerprint density at radius 1 is 1.26 bits per heavy atom. The second-order valence-electron chi connectivity index (χ2n) is 6.82. The molecule has 5 nitrogen and oxygen atoms in total. The van der Waals surface area contributed by atoms with E-state index in [1.807, 2.05) is 0 Å². The Bertz CT molecular complexity index is 903. The fourth-order valence-electron chi connectivity index (χ4n) is 2.97. The minimum absolute atomic E-state index is 0.149. The van der Waals surface area contributed by atoms with E-state index in [9.17, 15) is 13.2 Å². The van der Waals surface area contributed by atoms with E-state index in [1.54, 1.807) is 32.1 Å². The number of fused-ring (bicyclic) bond motifs is 1. The van der Waals surface area contributed by atoms with E-state index < -0.39 is 11.7 Å². The molecular formula is C23H27F3N2O3. The number of methoxy groups -OCH3 is 1. The van der Waals surface area contributed by atoms with Crippen LogP contribution in [0.15, 0.2) is 52.6 Å². The van der Waals surface area contributed by atoms with E-state index in [4.69, 9.17) is 14.3 Å². The maximum absolute atomic E-state index is 13.1. The van der Waals surface area contributed by atoms with Crippen LogP contribution < -0.4 is 4.74 Å². The number of hydrogen-bond donors (Lipinski definition) is 1. The maximum Gasteiger partial charge on any atom is 0.416 e. The standard InChI is InChI=1S/C17H20F3NO.C6H7NO2/c1-3-7-12(11-13(8-4-2)17(18,19)20)16-21-14-9-5-6-10-15(14)22-16;1-9-6-3-2-5(8)4-7-6/h3,7-8,11H,4-6,9-10H2,1-2H3;2-4,8H,1H3/b7-3-,12-11+,13-8-;. The molecule has 0 radical (unpaired) electrons. The third kappa shape index (κ3) is 7.31. The van der Waals surface area contributed by atoms with Gasteiger partial charge < -0.3 is 14.3 Å². The van der Waals surface area contributed by atoms with Crippen LogP contribution in [-0.4, -0.2) is 28.4 Å². The van der Waals surface area contributed by atoms with Crippen molar-refractivity contribution in [3.8, 4) is 11.6 Å². The minimum Gasteiger partial charge on any atom is -0.506 e. The second-order valence-corrected chi connectivity index (χ2v) is 6.82. The Morgan fingerprint density at radius 3 is 2.55 bits per heavy atom. The third-order valence-electron chi connectivity index (χ3n) is 4.43. The van der Waals surface area contributed by atoms with Crippen LogP contribution in [0.25, 0.3) is 5.57 Å². The molecule has 0 aromatic carbocycles. The van der Waals surface area contributed by atoms with Crippen LogP contribution in [0.4, 0.5) is 13.2 Å². The van der Waals surface area contributed by atoms with Crippen molar-refractivity contribution in [2.75, 3.05) is 7.11 Å². The lowest BCUT2D eigenvalue weighted by Gasteiger charge is -2.08. The first kappa shape index (κ1) is 24.2. The zero-order chi connectivity index (χ0) is 22.9. The number of nitrogens with zero attached hydrogens (tertiary/aromatic N) is 2. The largest absolute Gasteiger partial charge is 0.506 e. The number of aromatic nitrogens is 2. The van der Waals surface area contributed by atoms with E-state index in [0.29, 0.717) is 17.9 Å². The molecular weight excluding hydrogens is 409 g/mol. The van der Waals surface area contributed by atoms with Crippen LogP contribution in [0.2, 0.25) is 0 Å². The molecule has 1 aliphatic rings. The Kier molecular flexibility index (Phi) is 8.90. The molecule has 0 spiro atoms. The molecule has 0 saturated heterocycles. The van der Waals surface area contributed by atoms with Gasteiger partial charge in [-0.3, -0.25) is 0 Å². The van der Waals surface area contributed by atoms with Gasteiger partial charge in [-0.1, -0.05) is 25.2 Å². The SMILES string of the molecule is COc1ccc(O)cn1.C\C=C/C(=C\C(=C\CC)C(F)(F)F)c1nc2c(o1)CCCC2. The average Bonchev–Trinajstić information content (AvgIpc) is 3.17. The lowest BCUT2D eigenvalue weighted by Crippen LogP contribution is -2.10. The van der Waals surface area contributed by atoms with Crippen molar-refractivity contribution >= 4 is 5.57 Å². The molecule has 168 valence electrons. The molecule has 0 unspecified atom stereocenters. The summed E-state index contributed by atoms with van der Waals surface area (Å²) < 4.78 is 49.6. The number of alkyl halides is 3. The van der Waals surface area contributed by atoms with Crippen LogP contribution >= 0.6 is 0 Å². The lowest BCUT2D eigenvalue weighted by molar-refractivity contribution is -0.0883. The highest BCUT2D eigenvalue weighted by Crippen LogP contribution is 2.31. The van der Waals surface area contributed by atoms with Crippen molar-refractivity contribution in [1.82, 2.24) is 9.97 Å². The number of allylic oxidation sites excluding steroid dienone is 6. The quantitative estimate of drug-likeness (QED) is 0.565. The van der Waals surface area contributed by atoms with Crippen molar-refractivity contribution in [3.63, 3.8) is 0 Å². The van der Waals surface area contributed by atoms with Crippen LogP contribution in [-0.2, 0) is 12.8 Å². The van der Waals surface area contributed by atoms with Gasteiger partial charge in [-0.2, -0.15) is 13.2 Å². The summed E-state index contributed by atoms with van der Waals surface area (Å²) in [6, 6.07) is 3.11. The number of aromatic hydroxyl groups is 1. The van der Waals surface area contributed by atoms with Crippen molar-refractivity contribution in [2.24, 2.45) is 0 Å². The smallest absolute Gasteiger partial charge is 0.416 e. The predicted octanol–water partition coefficient (Wildman–Crippen LogP) is 6.21. The van der Waals surface area contributed by atoms with Gasteiger partial charge >= 0.3 is 6.18 Å². The molecule has 0 aliphatic heterocycles. The Labute approximate surface area is 180 Å². The summed E-state index contributed by atoms with van der Waals surface area (Å²) in [5.41, 5.74) is 0.567. The van der Waals surface area contributed by atoms with Crippen LogP contribution in [0.1, 0.15) is 50.5 Å². The number of aryl methyl sites for hydroxylation is 2. The third-order valence-corrected chi connectivity index (χ3v) is 4.43. The summed E-state index contributed by atoms with van der Waals surface area (Å²) in [5.74, 6) is 1.74. The molecule has 2 aromatic heterocycles. The Morgan fingerprint density at radius 2 is 2.00 bits per heavy atom. The highest BCUT2D eigenvalue weighted by molar-refractivity contribution is 5.71. The summed E-state index contributed by atoms with van der Waals surface area (Å²) in [6.45, 7) is 3.44. The van der Waals surface area contributed by atoms with Crippen LogP contribution in [0.5, 0.6) is 11.6 Å². The first-order chi connectivity index (χ1) is 14.8. The summed E-state index contributed by atoms with van der Waals surface area (Å²) in [4.78, 5) is 8.11. The van der Waals surface area contributed by atoms with Crippen LogP contribution in [0.3, 0.4) is 0 Å². The van der Waals surface area contributed by atoms with Crippen molar-refractivity contribution < 1.29 is 27.4 Å². The van der Waals surface area contributed by atoms with Gasteiger partial charge in [0.25, 0.3) is 0 Å². The van der Waals surface area contributed by atoms with Crippen molar-refractivity contribution in [1.29, 1.82) is 0 Å². The molecule has 0 saturated carbocycles. The molecule has 1 aliphatic carbocycles. The molecule has 3 rings (SSSR count). The summed E-state index contributed by atoms with van der Waals surface area (Å²) >= 11 is 0. The summed E-state index contributed by atoms with van der Waals surface area (Å²) in [6.07, 6.45) is 6.57. The van der Waals surface area contributed by atoms with Gasteiger partial charge in [-0.05, 0) is 44.7 Å². The molecule has 31 heavy (non-hydrogen) atoms. The van der Waals surface area contributed by atoms with Crippen molar-refractivity contribution in [3.05, 3.63) is 65.6 Å². The lowest BCUT2D eigenvalue weighted by atomic mass is 10.0. The molecule has 0 bridgehead atoms. The van der Waals surface area contributed by atoms with E-state index in [2.05, 4.69) is 9.97 Å². The summed E-state index contributed by atoms with van der Waals surface area (Å²) in [5, 5.41) is 8.73. The van der Waals surface area contributed by atoms with E-state index in [1.165, 1.54) is 25.4 Å². The first-order valence-electron chi connectivity index (χ1n) is 10.1. The second kappa shape index (κ2) is 11.4. The monoisotopic (exact) mass is 436 g/mol. The van der Waals surface area contributed by atoms with Gasteiger partial charge in [0.05, 0.1) is 24.6 Å². The van der Waals surface area contributed by atoms with Gasteiger partial charge in [0.15, 0.2) is 0 Å². The van der Waals surface area contributed by atoms with Gasteiger partial charge in [0, 0.05) is 18.1 Å². The number of ether oxygens (including phenoxy) is 1. The molecule has 2 aromatic rings. The fourth-order valence-corrected chi connectivity index (χ4v) is 2.97. The molecule has 0 amide bonds. The highest BCUT2D eigenvalue weighted by atomic mass is 19.4. The topological polar surface area (TPSA) is 68.4 Å². The number of halogens is 3. The van der Waals surface area contributed by atoms with Gasteiger partial charge in [-0.25, -0.2) is 9.97 Å². The minimum atomic E-state index is -4.38. The number of pyridine rings is 1. The maximum atomic E-state index is 13.1. The molecule has 0 atom stereocenters.